The first-order valence-electron chi connectivity index (χ1n) is 4.54. The molecule has 0 aromatic carbocycles. The molecular formula is C11H7BrN2O. The summed E-state index contributed by atoms with van der Waals surface area (Å²) >= 11 is 3.36. The van der Waals surface area contributed by atoms with E-state index in [1.165, 1.54) is 0 Å². The molecule has 0 saturated heterocycles. The fourth-order valence-electron chi connectivity index (χ4n) is 1.59. The number of rotatable bonds is 0. The Balaban J connectivity index is 2.51. The highest BCUT2D eigenvalue weighted by Crippen LogP contribution is 2.27. The standard InChI is InChI=1S/C11H7BrN2O/c1-6-2-8-10(13-4-6)11-9(15-8)3-7(12)5-14-11/h2-5H,1H3. The van der Waals surface area contributed by atoms with Crippen molar-refractivity contribution >= 4 is 38.1 Å². The molecule has 4 heteroatoms. The fraction of sp³-hybridized carbons (Fsp3) is 0.0909. The molecule has 0 bridgehead atoms. The molecule has 0 N–H and O–H groups in total. The third kappa shape index (κ3) is 1.33. The van der Waals surface area contributed by atoms with E-state index >= 15 is 0 Å². The van der Waals surface area contributed by atoms with Gasteiger partial charge in [-0.15, -0.1) is 0 Å². The van der Waals surface area contributed by atoms with Gasteiger partial charge in [-0.3, -0.25) is 4.98 Å². The smallest absolute Gasteiger partial charge is 0.156 e. The zero-order valence-corrected chi connectivity index (χ0v) is 9.58. The minimum atomic E-state index is 0.762. The van der Waals surface area contributed by atoms with E-state index in [1.807, 2.05) is 25.3 Å². The first-order chi connectivity index (χ1) is 7.24. The van der Waals surface area contributed by atoms with Gasteiger partial charge in [0.25, 0.3) is 0 Å². The van der Waals surface area contributed by atoms with E-state index in [2.05, 4.69) is 25.9 Å². The van der Waals surface area contributed by atoms with Crippen LogP contribution in [0.4, 0.5) is 0 Å². The summed E-state index contributed by atoms with van der Waals surface area (Å²) in [6, 6.07) is 3.87. The monoisotopic (exact) mass is 262 g/mol. The summed E-state index contributed by atoms with van der Waals surface area (Å²) in [5, 5.41) is 0. The first kappa shape index (κ1) is 8.85. The van der Waals surface area contributed by atoms with Crippen LogP contribution in [-0.4, -0.2) is 9.97 Å². The van der Waals surface area contributed by atoms with Crippen molar-refractivity contribution in [3.8, 4) is 0 Å². The van der Waals surface area contributed by atoms with Gasteiger partial charge in [0.1, 0.15) is 11.0 Å². The predicted molar refractivity (Wildman–Crippen MR) is 61.7 cm³/mol. The van der Waals surface area contributed by atoms with Gasteiger partial charge < -0.3 is 4.42 Å². The number of halogens is 1. The molecule has 0 aliphatic rings. The minimum absolute atomic E-state index is 0.762. The van der Waals surface area contributed by atoms with Gasteiger partial charge in [0, 0.05) is 16.9 Å². The maximum atomic E-state index is 5.66. The van der Waals surface area contributed by atoms with Crippen LogP contribution in [0.2, 0.25) is 0 Å². The number of furan rings is 1. The second kappa shape index (κ2) is 3.03. The molecular weight excluding hydrogens is 256 g/mol. The summed E-state index contributed by atoms with van der Waals surface area (Å²) in [5.74, 6) is 0. The highest BCUT2D eigenvalue weighted by atomic mass is 79.9. The molecule has 0 unspecified atom stereocenters. The van der Waals surface area contributed by atoms with Crippen LogP contribution in [0.3, 0.4) is 0 Å². The molecule has 3 nitrogen and oxygen atoms in total. The Kier molecular flexibility index (Phi) is 1.79. The Morgan fingerprint density at radius 2 is 1.73 bits per heavy atom. The first-order valence-corrected chi connectivity index (χ1v) is 5.34. The highest BCUT2D eigenvalue weighted by Gasteiger charge is 2.09. The summed E-state index contributed by atoms with van der Waals surface area (Å²) in [4.78, 5) is 8.62. The van der Waals surface area contributed by atoms with E-state index in [0.717, 1.165) is 32.2 Å². The molecule has 15 heavy (non-hydrogen) atoms. The van der Waals surface area contributed by atoms with Crippen molar-refractivity contribution in [3.63, 3.8) is 0 Å². The van der Waals surface area contributed by atoms with Crippen LogP contribution >= 0.6 is 15.9 Å². The molecule has 3 aromatic rings. The van der Waals surface area contributed by atoms with Crippen LogP contribution in [0.15, 0.2) is 33.4 Å². The minimum Gasteiger partial charge on any atom is -0.453 e. The van der Waals surface area contributed by atoms with Crippen molar-refractivity contribution in [3.05, 3.63) is 34.6 Å². The van der Waals surface area contributed by atoms with E-state index in [0.29, 0.717) is 0 Å². The zero-order valence-electron chi connectivity index (χ0n) is 7.99. The normalized spacial score (nSPS) is 11.3. The van der Waals surface area contributed by atoms with E-state index < -0.39 is 0 Å². The molecule has 0 atom stereocenters. The quantitative estimate of drug-likeness (QED) is 0.623. The number of aromatic nitrogens is 2. The van der Waals surface area contributed by atoms with Gasteiger partial charge in [0.15, 0.2) is 11.2 Å². The number of nitrogens with zero attached hydrogens (tertiary/aromatic N) is 2. The Morgan fingerprint density at radius 3 is 2.53 bits per heavy atom. The van der Waals surface area contributed by atoms with Crippen LogP contribution in [0.5, 0.6) is 0 Å². The number of pyridine rings is 2. The molecule has 0 aliphatic carbocycles. The van der Waals surface area contributed by atoms with E-state index in [4.69, 9.17) is 4.42 Å². The molecule has 0 spiro atoms. The van der Waals surface area contributed by atoms with E-state index in [9.17, 15) is 0 Å². The number of hydrogen-bond donors (Lipinski definition) is 0. The van der Waals surface area contributed by atoms with Crippen molar-refractivity contribution in [1.82, 2.24) is 9.97 Å². The molecule has 0 radical (unpaired) electrons. The number of hydrogen-bond acceptors (Lipinski definition) is 3. The van der Waals surface area contributed by atoms with E-state index in [1.54, 1.807) is 6.20 Å². The van der Waals surface area contributed by atoms with Gasteiger partial charge in [0.2, 0.25) is 0 Å². The van der Waals surface area contributed by atoms with Gasteiger partial charge in [-0.2, -0.15) is 0 Å². The van der Waals surface area contributed by atoms with Crippen molar-refractivity contribution in [1.29, 1.82) is 0 Å². The third-order valence-electron chi connectivity index (χ3n) is 2.25. The summed E-state index contributed by atoms with van der Waals surface area (Å²) in [5.41, 5.74) is 4.27. The average Bonchev–Trinajstić information content (AvgIpc) is 2.53. The Bertz CT molecular complexity index is 604. The second-order valence-corrected chi connectivity index (χ2v) is 4.38. The second-order valence-electron chi connectivity index (χ2n) is 3.46. The SMILES string of the molecule is Cc1cnc2c(c1)oc1cc(Br)cnc12. The van der Waals surface area contributed by atoms with Crippen LogP contribution < -0.4 is 0 Å². The lowest BCUT2D eigenvalue weighted by molar-refractivity contribution is 0.666. The van der Waals surface area contributed by atoms with Gasteiger partial charge >= 0.3 is 0 Å². The Morgan fingerprint density at radius 1 is 1.07 bits per heavy atom. The molecule has 0 amide bonds. The predicted octanol–water partition coefficient (Wildman–Crippen LogP) is 3.45. The largest absolute Gasteiger partial charge is 0.453 e. The summed E-state index contributed by atoms with van der Waals surface area (Å²) in [7, 11) is 0. The number of aryl methyl sites for hydroxylation is 1. The molecule has 74 valence electrons. The lowest BCUT2D eigenvalue weighted by atomic mass is 10.3. The van der Waals surface area contributed by atoms with Gasteiger partial charge in [-0.25, -0.2) is 4.98 Å². The summed E-state index contributed by atoms with van der Waals surface area (Å²) in [6.45, 7) is 1.99. The van der Waals surface area contributed by atoms with Gasteiger partial charge in [-0.05, 0) is 40.5 Å². The van der Waals surface area contributed by atoms with Crippen molar-refractivity contribution in [2.45, 2.75) is 6.92 Å². The highest BCUT2D eigenvalue weighted by molar-refractivity contribution is 9.10. The van der Waals surface area contributed by atoms with Crippen LogP contribution in [0, 0.1) is 6.92 Å². The lowest BCUT2D eigenvalue weighted by Gasteiger charge is -1.89. The maximum absolute atomic E-state index is 5.66. The molecule has 0 saturated carbocycles. The van der Waals surface area contributed by atoms with Crippen LogP contribution in [-0.2, 0) is 0 Å². The van der Waals surface area contributed by atoms with E-state index in [-0.39, 0.29) is 0 Å². The summed E-state index contributed by atoms with van der Waals surface area (Å²) < 4.78 is 6.57. The van der Waals surface area contributed by atoms with Crippen molar-refractivity contribution in [2.75, 3.05) is 0 Å². The topological polar surface area (TPSA) is 38.9 Å². The fourth-order valence-corrected chi connectivity index (χ4v) is 1.90. The zero-order chi connectivity index (χ0) is 10.4. The average molecular weight is 263 g/mol. The Labute approximate surface area is 94.3 Å². The molecule has 3 aromatic heterocycles. The van der Waals surface area contributed by atoms with Gasteiger partial charge in [-0.1, -0.05) is 0 Å². The Hall–Kier alpha value is -1.42. The van der Waals surface area contributed by atoms with Crippen LogP contribution in [0.25, 0.3) is 22.2 Å². The molecule has 3 heterocycles. The molecule has 0 aliphatic heterocycles. The summed E-state index contributed by atoms with van der Waals surface area (Å²) in [6.07, 6.45) is 3.57. The number of fused-ring (bicyclic) bond motifs is 3. The third-order valence-corrected chi connectivity index (χ3v) is 2.69. The molecule has 3 rings (SSSR count). The molecule has 0 fully saturated rings. The maximum Gasteiger partial charge on any atom is 0.156 e. The van der Waals surface area contributed by atoms with Crippen LogP contribution in [0.1, 0.15) is 5.56 Å². The lowest BCUT2D eigenvalue weighted by Crippen LogP contribution is -1.78. The van der Waals surface area contributed by atoms with Crippen molar-refractivity contribution < 1.29 is 4.42 Å². The van der Waals surface area contributed by atoms with Crippen molar-refractivity contribution in [2.24, 2.45) is 0 Å². The van der Waals surface area contributed by atoms with Gasteiger partial charge in [0.05, 0.1) is 0 Å².